The number of thiazole rings is 1. The number of piperidine rings is 1. The number of hydrogen-bond acceptors (Lipinski definition) is 8. The molecule has 4 atom stereocenters. The lowest BCUT2D eigenvalue weighted by Crippen LogP contribution is -2.38. The summed E-state index contributed by atoms with van der Waals surface area (Å²) < 4.78 is 15.1. The largest absolute Gasteiger partial charge is 0.478 e. The molecule has 2 bridgehead atoms. The summed E-state index contributed by atoms with van der Waals surface area (Å²) in [5.74, 6) is -0.346. The van der Waals surface area contributed by atoms with Crippen molar-refractivity contribution in [2.75, 3.05) is 24.7 Å². The second-order valence-corrected chi connectivity index (χ2v) is 13.6. The Labute approximate surface area is 256 Å². The fourth-order valence-electron chi connectivity index (χ4n) is 6.89. The molecule has 4 fully saturated rings. The van der Waals surface area contributed by atoms with E-state index < -0.39 is 5.97 Å². The van der Waals surface area contributed by atoms with Gasteiger partial charge >= 0.3 is 5.97 Å². The van der Waals surface area contributed by atoms with E-state index in [0.29, 0.717) is 64.7 Å². The van der Waals surface area contributed by atoms with E-state index in [9.17, 15) is 9.90 Å². The highest BCUT2D eigenvalue weighted by atomic mass is 35.5. The van der Waals surface area contributed by atoms with Crippen LogP contribution in [-0.2, 0) is 16.1 Å². The molecule has 2 aliphatic heterocycles. The van der Waals surface area contributed by atoms with Gasteiger partial charge in [0, 0.05) is 36.6 Å². The van der Waals surface area contributed by atoms with E-state index in [-0.39, 0.29) is 12.0 Å². The molecule has 2 aromatic carbocycles. The van der Waals surface area contributed by atoms with Gasteiger partial charge in [0.2, 0.25) is 0 Å². The average molecular weight is 627 g/mol. The van der Waals surface area contributed by atoms with Crippen molar-refractivity contribution in [2.45, 2.75) is 62.8 Å². The molecule has 0 spiro atoms. The number of carboxylic acids is 1. The first-order valence-electron chi connectivity index (χ1n) is 14.5. The number of carboxylic acid groups (broad SMARTS) is 1. The highest BCUT2D eigenvalue weighted by Crippen LogP contribution is 2.46. The molecule has 8 rings (SSSR count). The van der Waals surface area contributed by atoms with Crippen LogP contribution in [0.4, 0.5) is 5.13 Å². The van der Waals surface area contributed by atoms with E-state index >= 15 is 0 Å². The molecule has 2 saturated carbocycles. The first kappa shape index (κ1) is 26.8. The van der Waals surface area contributed by atoms with Gasteiger partial charge in [-0.1, -0.05) is 45.8 Å². The number of anilines is 1. The maximum atomic E-state index is 11.9. The summed E-state index contributed by atoms with van der Waals surface area (Å²) >= 11 is 14.7. The van der Waals surface area contributed by atoms with E-state index in [2.05, 4.69) is 15.2 Å². The second-order valence-electron chi connectivity index (χ2n) is 11.8. The quantitative estimate of drug-likeness (QED) is 0.234. The van der Waals surface area contributed by atoms with Gasteiger partial charge in [-0.05, 0) is 61.9 Å². The Kier molecular flexibility index (Phi) is 6.68. The van der Waals surface area contributed by atoms with Crippen molar-refractivity contribution in [1.29, 1.82) is 0 Å². The van der Waals surface area contributed by atoms with Crippen LogP contribution in [0.15, 0.2) is 30.3 Å². The normalized spacial score (nSPS) is 25.2. The molecule has 12 heteroatoms. The van der Waals surface area contributed by atoms with Gasteiger partial charge in [0.1, 0.15) is 5.69 Å². The van der Waals surface area contributed by atoms with Crippen molar-refractivity contribution < 1.29 is 19.4 Å². The number of hydrogen-bond donors (Lipinski definition) is 1. The van der Waals surface area contributed by atoms with Crippen molar-refractivity contribution in [3.05, 3.63) is 57.2 Å². The molecule has 4 heterocycles. The molecule has 0 amide bonds. The first-order chi connectivity index (χ1) is 20.4. The predicted octanol–water partition coefficient (Wildman–Crippen LogP) is 6.58. The summed E-state index contributed by atoms with van der Waals surface area (Å²) in [7, 11) is 0. The third kappa shape index (κ3) is 4.59. The van der Waals surface area contributed by atoms with Crippen molar-refractivity contribution in [3.8, 4) is 11.3 Å². The third-order valence-electron chi connectivity index (χ3n) is 9.17. The van der Waals surface area contributed by atoms with Crippen molar-refractivity contribution >= 4 is 55.9 Å². The third-order valence-corrected chi connectivity index (χ3v) is 10.8. The molecule has 0 radical (unpaired) electrons. The average Bonchev–Trinajstić information content (AvgIpc) is 3.49. The van der Waals surface area contributed by atoms with Crippen LogP contribution in [0.5, 0.6) is 0 Å². The Hall–Kier alpha value is -2.76. The number of aromatic nitrogens is 4. The Bertz CT molecular complexity index is 1680. The van der Waals surface area contributed by atoms with Gasteiger partial charge in [-0.3, -0.25) is 0 Å². The van der Waals surface area contributed by atoms with Gasteiger partial charge in [-0.2, -0.15) is 0 Å². The van der Waals surface area contributed by atoms with Gasteiger partial charge in [0.05, 0.1) is 56.9 Å². The van der Waals surface area contributed by atoms with Gasteiger partial charge in [0.15, 0.2) is 5.13 Å². The van der Waals surface area contributed by atoms with Crippen LogP contribution < -0.4 is 4.90 Å². The van der Waals surface area contributed by atoms with Crippen molar-refractivity contribution in [1.82, 2.24) is 20.0 Å². The molecular weight excluding hydrogens is 597 g/mol. The molecule has 4 aromatic rings. The molecule has 1 N–H and O–H groups in total. The summed E-state index contributed by atoms with van der Waals surface area (Å²) in [6.07, 6.45) is 5.15. The first-order valence-corrected chi connectivity index (χ1v) is 16.0. The van der Waals surface area contributed by atoms with Crippen LogP contribution in [0.2, 0.25) is 10.0 Å². The van der Waals surface area contributed by atoms with E-state index in [1.807, 2.05) is 22.9 Å². The lowest BCUT2D eigenvalue weighted by atomic mass is 9.95. The Balaban J connectivity index is 1.02. The molecule has 2 aliphatic carbocycles. The van der Waals surface area contributed by atoms with Gasteiger partial charge in [-0.15, -0.1) is 5.10 Å². The lowest BCUT2D eigenvalue weighted by Gasteiger charge is -2.31. The van der Waals surface area contributed by atoms with E-state index in [1.165, 1.54) is 0 Å². The van der Waals surface area contributed by atoms with Gasteiger partial charge in [0.25, 0.3) is 0 Å². The molecule has 2 saturated heterocycles. The maximum Gasteiger partial charge on any atom is 0.335 e. The van der Waals surface area contributed by atoms with Gasteiger partial charge in [-0.25, -0.2) is 14.5 Å². The number of fused-ring (bicyclic) bond motifs is 3. The van der Waals surface area contributed by atoms with E-state index in [4.69, 9.17) is 37.7 Å². The van der Waals surface area contributed by atoms with Crippen LogP contribution in [0, 0.1) is 5.92 Å². The summed E-state index contributed by atoms with van der Waals surface area (Å²) in [5.41, 5.74) is 4.55. The number of aromatic carboxylic acids is 1. The van der Waals surface area contributed by atoms with Crippen LogP contribution in [0.3, 0.4) is 0 Å². The number of ether oxygens (including phenoxy) is 2. The molecule has 4 aliphatic rings. The zero-order chi connectivity index (χ0) is 28.5. The second kappa shape index (κ2) is 10.4. The van der Waals surface area contributed by atoms with Crippen LogP contribution >= 0.6 is 34.5 Å². The fraction of sp³-hybridized carbons (Fsp3) is 0.467. The Morgan fingerprint density at radius 3 is 2.67 bits per heavy atom. The lowest BCUT2D eigenvalue weighted by molar-refractivity contribution is 0.00958. The van der Waals surface area contributed by atoms with Crippen molar-refractivity contribution in [3.63, 3.8) is 0 Å². The maximum absolute atomic E-state index is 11.9. The minimum absolute atomic E-state index is 0.127. The minimum Gasteiger partial charge on any atom is -0.478 e. The zero-order valence-corrected chi connectivity index (χ0v) is 25.0. The zero-order valence-electron chi connectivity index (χ0n) is 22.7. The Morgan fingerprint density at radius 1 is 1.14 bits per heavy atom. The summed E-state index contributed by atoms with van der Waals surface area (Å²) in [5, 5.41) is 20.8. The SMILES string of the molecule is O=C(O)c1cc(C2CCOC2)c2nc(N3C[C@@H]4C[C@H]3C[C@H]4OCc3c(-c4c(Cl)cccc4Cl)nnn3C3CC3)sc2c1. The summed E-state index contributed by atoms with van der Waals surface area (Å²) in [6, 6.07) is 9.71. The number of rotatable bonds is 8. The Morgan fingerprint density at radius 2 is 1.98 bits per heavy atom. The standard InChI is InChI=1S/C30H29Cl2N5O4S/c31-21-2-1-3-22(32)26(21)28-23(37(35-34-28)18-4-5-18)14-41-24-11-19-8-17(24)12-36(19)30-33-27-20(15-6-7-40-13-15)9-16(29(38)39)10-25(27)42-30/h1-3,9-10,15,17-19,24H,4-8,11-14H2,(H,38,39)/t15?,17-,19-,24+/m0/s1. The van der Waals surface area contributed by atoms with Crippen LogP contribution in [-0.4, -0.2) is 63.0 Å². The molecule has 9 nitrogen and oxygen atoms in total. The number of carbonyl (C=O) groups is 1. The predicted molar refractivity (Wildman–Crippen MR) is 161 cm³/mol. The highest BCUT2D eigenvalue weighted by Gasteiger charge is 2.46. The molecule has 218 valence electrons. The smallest absolute Gasteiger partial charge is 0.335 e. The van der Waals surface area contributed by atoms with Crippen molar-refractivity contribution in [2.24, 2.45) is 5.92 Å². The van der Waals surface area contributed by atoms with Crippen LogP contribution in [0.1, 0.15) is 65.7 Å². The summed E-state index contributed by atoms with van der Waals surface area (Å²) in [6.45, 7) is 2.58. The summed E-state index contributed by atoms with van der Waals surface area (Å²) in [4.78, 5) is 19.3. The van der Waals surface area contributed by atoms with E-state index in [0.717, 1.165) is 65.3 Å². The van der Waals surface area contributed by atoms with E-state index in [1.54, 1.807) is 23.5 Å². The van der Waals surface area contributed by atoms with Crippen LogP contribution in [0.25, 0.3) is 21.5 Å². The number of halogens is 2. The highest BCUT2D eigenvalue weighted by molar-refractivity contribution is 7.22. The molecular formula is C30H29Cl2N5O4S. The molecule has 2 aromatic heterocycles. The van der Waals surface area contributed by atoms with Gasteiger partial charge < -0.3 is 19.5 Å². The molecule has 42 heavy (non-hydrogen) atoms. The number of nitrogens with zero attached hydrogens (tertiary/aromatic N) is 5. The fourth-order valence-corrected chi connectivity index (χ4v) is 8.59. The topological polar surface area (TPSA) is 103 Å². The molecule has 1 unspecified atom stereocenters. The minimum atomic E-state index is -0.912. The number of benzene rings is 2. The monoisotopic (exact) mass is 625 g/mol.